The SMILES string of the molecule is CCOC(=O)c1sc(NC(=O)[C@H](C)Sc2nnc(CNC(=O)COc3ccccc3)n2C)c(C(=O)OCC)c1C. The van der Waals surface area contributed by atoms with Crippen molar-refractivity contribution in [2.45, 2.75) is 44.6 Å². The van der Waals surface area contributed by atoms with Gasteiger partial charge in [-0.3, -0.25) is 9.59 Å². The van der Waals surface area contributed by atoms with Crippen molar-refractivity contribution in [3.8, 4) is 5.75 Å². The number of anilines is 1. The summed E-state index contributed by atoms with van der Waals surface area (Å²) in [5.74, 6) is -0.879. The Labute approximate surface area is 239 Å². The maximum absolute atomic E-state index is 13.1. The number of amides is 2. The number of hydrogen-bond donors (Lipinski definition) is 2. The molecule has 2 amide bonds. The molecule has 2 aromatic heterocycles. The number of ether oxygens (including phenoxy) is 3. The summed E-state index contributed by atoms with van der Waals surface area (Å²) in [5.41, 5.74) is 0.500. The lowest BCUT2D eigenvalue weighted by molar-refractivity contribution is -0.123. The second kappa shape index (κ2) is 14.5. The molecule has 0 spiro atoms. The van der Waals surface area contributed by atoms with E-state index in [2.05, 4.69) is 20.8 Å². The van der Waals surface area contributed by atoms with Crippen LogP contribution in [0.3, 0.4) is 0 Å². The van der Waals surface area contributed by atoms with E-state index >= 15 is 0 Å². The Bertz CT molecular complexity index is 1360. The molecule has 0 saturated carbocycles. The first-order valence-electron chi connectivity index (χ1n) is 12.4. The van der Waals surface area contributed by atoms with Crippen LogP contribution in [0.5, 0.6) is 5.75 Å². The number of carbonyl (C=O) groups excluding carboxylic acids is 4. The van der Waals surface area contributed by atoms with Gasteiger partial charge in [-0.15, -0.1) is 21.5 Å². The first-order chi connectivity index (χ1) is 19.2. The summed E-state index contributed by atoms with van der Waals surface area (Å²) >= 11 is 2.11. The highest BCUT2D eigenvalue weighted by molar-refractivity contribution is 8.00. The van der Waals surface area contributed by atoms with E-state index in [9.17, 15) is 19.2 Å². The molecule has 0 fully saturated rings. The van der Waals surface area contributed by atoms with Crippen LogP contribution in [0.15, 0.2) is 35.5 Å². The van der Waals surface area contributed by atoms with Gasteiger partial charge in [0.05, 0.1) is 30.6 Å². The third kappa shape index (κ3) is 7.82. The molecule has 0 aliphatic rings. The predicted octanol–water partition coefficient (Wildman–Crippen LogP) is 3.35. The molecule has 1 atom stereocenters. The van der Waals surface area contributed by atoms with E-state index in [1.165, 1.54) is 0 Å². The molecule has 0 radical (unpaired) electrons. The molecule has 3 aromatic rings. The molecule has 40 heavy (non-hydrogen) atoms. The fourth-order valence-corrected chi connectivity index (χ4v) is 5.29. The molecule has 0 aliphatic heterocycles. The van der Waals surface area contributed by atoms with Crippen LogP contribution in [-0.4, -0.2) is 63.6 Å². The topological polar surface area (TPSA) is 151 Å². The summed E-state index contributed by atoms with van der Waals surface area (Å²) in [4.78, 5) is 50.4. The molecule has 12 nitrogen and oxygen atoms in total. The number of esters is 2. The normalized spacial score (nSPS) is 11.4. The van der Waals surface area contributed by atoms with Crippen molar-refractivity contribution >= 4 is 51.9 Å². The van der Waals surface area contributed by atoms with E-state index in [-0.39, 0.29) is 47.7 Å². The van der Waals surface area contributed by atoms with Gasteiger partial charge in [0.2, 0.25) is 5.91 Å². The van der Waals surface area contributed by atoms with E-state index in [0.29, 0.717) is 22.3 Å². The van der Waals surface area contributed by atoms with Gasteiger partial charge in [-0.1, -0.05) is 30.0 Å². The summed E-state index contributed by atoms with van der Waals surface area (Å²) < 4.78 is 17.3. The lowest BCUT2D eigenvalue weighted by Crippen LogP contribution is -2.29. The molecule has 0 saturated heterocycles. The molecule has 0 aliphatic carbocycles. The van der Waals surface area contributed by atoms with Crippen molar-refractivity contribution < 1.29 is 33.4 Å². The Kier molecular flexibility index (Phi) is 11.1. The Morgan fingerprint density at radius 2 is 1.73 bits per heavy atom. The van der Waals surface area contributed by atoms with Crippen LogP contribution in [0, 0.1) is 6.92 Å². The lowest BCUT2D eigenvalue weighted by atomic mass is 10.1. The number of nitrogens with zero attached hydrogens (tertiary/aromatic N) is 3. The average Bonchev–Trinajstić information content (AvgIpc) is 3.45. The predicted molar refractivity (Wildman–Crippen MR) is 150 cm³/mol. The van der Waals surface area contributed by atoms with Crippen LogP contribution in [0.25, 0.3) is 0 Å². The van der Waals surface area contributed by atoms with E-state index in [1.54, 1.807) is 51.4 Å². The number of rotatable bonds is 13. The molecular formula is C26H31N5O7S2. The number of benzene rings is 1. The molecular weight excluding hydrogens is 558 g/mol. The summed E-state index contributed by atoms with van der Waals surface area (Å²) in [6, 6.07) is 9.00. The Balaban J connectivity index is 1.62. The standard InChI is InChI=1S/C26H31N5O7S2/c1-6-36-24(34)20-15(3)21(25(35)37-7-2)40-23(20)28-22(33)16(4)39-26-30-29-18(31(26)5)13-27-19(32)14-38-17-11-9-8-10-12-17/h8-12,16H,6-7,13-14H2,1-5H3,(H,27,32)(H,28,33)/t16-/m0/s1. The van der Waals surface area contributed by atoms with E-state index in [0.717, 1.165) is 23.1 Å². The van der Waals surface area contributed by atoms with Crippen LogP contribution in [-0.2, 0) is 32.7 Å². The first kappa shape index (κ1) is 30.6. The van der Waals surface area contributed by atoms with Gasteiger partial charge in [0.15, 0.2) is 17.6 Å². The molecule has 0 bridgehead atoms. The summed E-state index contributed by atoms with van der Waals surface area (Å²) in [6.07, 6.45) is 0. The molecule has 0 unspecified atom stereocenters. The van der Waals surface area contributed by atoms with Crippen LogP contribution in [0.2, 0.25) is 0 Å². The number of aromatic nitrogens is 3. The minimum Gasteiger partial charge on any atom is -0.484 e. The van der Waals surface area contributed by atoms with Gasteiger partial charge in [-0.2, -0.15) is 0 Å². The molecule has 2 N–H and O–H groups in total. The first-order valence-corrected chi connectivity index (χ1v) is 14.1. The summed E-state index contributed by atoms with van der Waals surface area (Å²) in [5, 5.41) is 13.7. The monoisotopic (exact) mass is 589 g/mol. The highest BCUT2D eigenvalue weighted by atomic mass is 32.2. The van der Waals surface area contributed by atoms with Crippen LogP contribution >= 0.6 is 23.1 Å². The van der Waals surface area contributed by atoms with Crippen molar-refractivity contribution in [1.82, 2.24) is 20.1 Å². The maximum atomic E-state index is 13.1. The lowest BCUT2D eigenvalue weighted by Gasteiger charge is -2.12. The Morgan fingerprint density at radius 1 is 1.05 bits per heavy atom. The largest absolute Gasteiger partial charge is 0.484 e. The van der Waals surface area contributed by atoms with Crippen LogP contribution in [0.1, 0.15) is 52.2 Å². The van der Waals surface area contributed by atoms with E-state index in [1.807, 2.05) is 18.2 Å². The van der Waals surface area contributed by atoms with Crippen molar-refractivity contribution in [1.29, 1.82) is 0 Å². The van der Waals surface area contributed by atoms with Crippen LogP contribution < -0.4 is 15.4 Å². The van der Waals surface area contributed by atoms with Gasteiger partial charge in [0.1, 0.15) is 15.6 Å². The van der Waals surface area contributed by atoms with Gasteiger partial charge in [-0.25, -0.2) is 9.59 Å². The average molecular weight is 590 g/mol. The van der Waals surface area contributed by atoms with Crippen molar-refractivity contribution in [3.05, 3.63) is 52.2 Å². The van der Waals surface area contributed by atoms with Gasteiger partial charge < -0.3 is 29.4 Å². The van der Waals surface area contributed by atoms with Gasteiger partial charge in [0.25, 0.3) is 5.91 Å². The van der Waals surface area contributed by atoms with E-state index < -0.39 is 23.1 Å². The van der Waals surface area contributed by atoms with Crippen molar-refractivity contribution in [2.24, 2.45) is 7.05 Å². The quantitative estimate of drug-likeness (QED) is 0.224. The molecule has 2 heterocycles. The molecule has 214 valence electrons. The van der Waals surface area contributed by atoms with E-state index in [4.69, 9.17) is 14.2 Å². The highest BCUT2D eigenvalue weighted by Gasteiger charge is 2.29. The van der Waals surface area contributed by atoms with Gasteiger partial charge >= 0.3 is 11.9 Å². The number of nitrogens with one attached hydrogen (secondary N) is 2. The number of carbonyl (C=O) groups is 4. The fourth-order valence-electron chi connectivity index (χ4n) is 3.36. The Hall–Kier alpha value is -3.91. The van der Waals surface area contributed by atoms with Gasteiger partial charge in [-0.05, 0) is 45.4 Å². The third-order valence-electron chi connectivity index (χ3n) is 5.46. The molecule has 1 aromatic carbocycles. The highest BCUT2D eigenvalue weighted by Crippen LogP contribution is 2.35. The third-order valence-corrected chi connectivity index (χ3v) is 7.78. The second-order valence-corrected chi connectivity index (χ2v) is 10.6. The zero-order valence-corrected chi connectivity index (χ0v) is 24.4. The zero-order chi connectivity index (χ0) is 29.2. The zero-order valence-electron chi connectivity index (χ0n) is 22.8. The number of thiophene rings is 1. The van der Waals surface area contributed by atoms with Crippen molar-refractivity contribution in [3.63, 3.8) is 0 Å². The maximum Gasteiger partial charge on any atom is 0.348 e. The molecule has 14 heteroatoms. The number of para-hydroxylation sites is 1. The number of thioether (sulfide) groups is 1. The fraction of sp³-hybridized carbons (Fsp3) is 0.385. The second-order valence-electron chi connectivity index (χ2n) is 8.29. The summed E-state index contributed by atoms with van der Waals surface area (Å²) in [7, 11) is 1.72. The van der Waals surface area contributed by atoms with Gasteiger partial charge in [0, 0.05) is 7.05 Å². The Morgan fingerprint density at radius 3 is 2.40 bits per heavy atom. The minimum absolute atomic E-state index is 0.119. The number of hydrogen-bond acceptors (Lipinski definition) is 11. The smallest absolute Gasteiger partial charge is 0.348 e. The van der Waals surface area contributed by atoms with Crippen LogP contribution in [0.4, 0.5) is 5.00 Å². The minimum atomic E-state index is -0.645. The summed E-state index contributed by atoms with van der Waals surface area (Å²) in [6.45, 7) is 6.92. The van der Waals surface area contributed by atoms with Crippen molar-refractivity contribution in [2.75, 3.05) is 25.1 Å². The molecule has 3 rings (SSSR count).